The molecule has 8 aromatic heterocycles. The van der Waals surface area contributed by atoms with Crippen LogP contribution in [0.15, 0.2) is 274 Å². The third-order valence-electron chi connectivity index (χ3n) is 17.1. The fraction of sp³-hybridized carbons (Fsp3) is 0.0976. The molecule has 0 atom stereocenters. The lowest BCUT2D eigenvalue weighted by atomic mass is 10.1. The van der Waals surface area contributed by atoms with Crippen molar-refractivity contribution in [3.8, 4) is 0 Å². The van der Waals surface area contributed by atoms with Crippen LogP contribution in [-0.4, -0.2) is 51.3 Å². The van der Waals surface area contributed by atoms with E-state index in [0.29, 0.717) is 21.2 Å². The Bertz CT molecular complexity index is 5230. The number of anilines is 4. The number of nitrogens with zero attached hydrogens (tertiary/aromatic N) is 6. The molecule has 0 saturated carbocycles. The molecule has 0 radical (unpaired) electrons. The molecule has 0 saturated heterocycles. The highest BCUT2D eigenvalue weighted by molar-refractivity contribution is 9.10. The Labute approximate surface area is 614 Å². The summed E-state index contributed by atoms with van der Waals surface area (Å²) in [5, 5.41) is 23.9. The first kappa shape index (κ1) is 69.3. The number of benzene rings is 8. The second-order valence-corrected chi connectivity index (χ2v) is 28.1. The van der Waals surface area contributed by atoms with Crippen LogP contribution in [0, 0.1) is 27.7 Å². The highest BCUT2D eigenvalue weighted by Gasteiger charge is 2.20. The van der Waals surface area contributed by atoms with Crippen molar-refractivity contribution in [2.45, 2.75) is 53.9 Å². The van der Waals surface area contributed by atoms with E-state index in [-0.39, 0.29) is 29.4 Å². The predicted molar refractivity (Wildman–Crippen MR) is 421 cm³/mol. The van der Waals surface area contributed by atoms with E-state index in [1.165, 1.54) is 91.3 Å². The molecule has 102 heavy (non-hydrogen) atoms. The largest absolute Gasteiger partial charge is 0.438 e. The van der Waals surface area contributed by atoms with Gasteiger partial charge in [0.05, 0.1) is 61.6 Å². The van der Waals surface area contributed by atoms with Crippen LogP contribution in [0.5, 0.6) is 0 Å². The molecular formula is C82H68BrClN10O5S3. The van der Waals surface area contributed by atoms with Gasteiger partial charge in [-0.05, 0) is 119 Å². The minimum atomic E-state index is -0.310. The van der Waals surface area contributed by atoms with E-state index in [4.69, 9.17) is 16.0 Å². The molecule has 4 N–H and O–H groups in total. The number of carbonyl (C=O) groups excluding carboxylic acids is 4. The van der Waals surface area contributed by atoms with Gasteiger partial charge >= 0.3 is 0 Å². The molecule has 8 aromatic carbocycles. The molecule has 0 aliphatic heterocycles. The summed E-state index contributed by atoms with van der Waals surface area (Å²) in [7, 11) is 0. The van der Waals surface area contributed by atoms with Gasteiger partial charge in [-0.25, -0.2) is 4.98 Å². The SMILES string of the molecule is Cc1ccc(Cn2cc(NC(=O)c3ccsn3)c3ccccc32)cc1.Cc1ccc(Cn2cc(NC(=O)c3cnco3)c3ccccc32)cc1.Cc1ccc(Cn2cc(NC(=O)c3cscc3Br)c3ccccc32)cc1.Cc1ccc(Cn2cc(NC(=O)c3sccc3Cl)c3ccccc32)cc1. The molecule has 15 nitrogen and oxygen atoms in total. The van der Waals surface area contributed by atoms with Crippen LogP contribution in [0.2, 0.25) is 5.02 Å². The standard InChI is InChI=1S/C21H17BrN2OS.C21H17ClN2OS.C20H17N3O2.C20H17N3OS/c1-14-6-8-15(9-7-14)10-24-11-19(16-4-2-3-5-20(16)24)23-21(25)17-12-26-13-18(17)22;1-14-6-8-15(9-7-14)12-24-13-18(16-4-2-3-5-19(16)24)23-21(25)20-17(22)10-11-26-20;1-14-6-8-15(9-7-14)11-23-12-17(16-4-2-3-5-18(16)23)22-20(24)19-10-21-13-25-19;1-14-6-8-15(9-7-14)12-23-13-18(16-4-2-3-5-19(16)23)21-20(24)17-10-11-25-22-17/h2-9,11-13H,10H2,1H3,(H,23,25);2-11,13H,12H2,1H3,(H,23,25);2-10,12-13H,11H2,1H3,(H,22,24);2-11,13H,12H2,1H3,(H,21,24). The first-order valence-electron chi connectivity index (χ1n) is 32.7. The maximum atomic E-state index is 12.6. The van der Waals surface area contributed by atoms with E-state index in [2.05, 4.69) is 208 Å². The van der Waals surface area contributed by atoms with Crippen molar-refractivity contribution in [2.24, 2.45) is 0 Å². The molecule has 16 rings (SSSR count). The molecule has 8 heterocycles. The topological polar surface area (TPSA) is 175 Å². The summed E-state index contributed by atoms with van der Waals surface area (Å²) >= 11 is 13.6. The second-order valence-electron chi connectivity index (χ2n) is 24.5. The summed E-state index contributed by atoms with van der Waals surface area (Å²) in [5.74, 6) is -0.579. The van der Waals surface area contributed by atoms with Gasteiger partial charge < -0.3 is 44.0 Å². The maximum Gasteiger partial charge on any atom is 0.293 e. The lowest BCUT2D eigenvalue weighted by molar-refractivity contribution is 0.0993. The van der Waals surface area contributed by atoms with Gasteiger partial charge in [0, 0.05) is 93.1 Å². The van der Waals surface area contributed by atoms with Gasteiger partial charge in [-0.2, -0.15) is 15.7 Å². The van der Waals surface area contributed by atoms with Crippen LogP contribution < -0.4 is 21.3 Å². The van der Waals surface area contributed by atoms with Gasteiger partial charge in [0.15, 0.2) is 6.39 Å². The number of amides is 4. The highest BCUT2D eigenvalue weighted by atomic mass is 79.9. The third-order valence-corrected chi connectivity index (χ3v) is 20.7. The number of aryl methyl sites for hydroxylation is 4. The maximum absolute atomic E-state index is 12.6. The Balaban J connectivity index is 0.000000121. The number of oxazole rings is 1. The lowest BCUT2D eigenvalue weighted by Crippen LogP contribution is -2.11. The van der Waals surface area contributed by atoms with E-state index in [1.54, 1.807) is 17.5 Å². The highest BCUT2D eigenvalue weighted by Crippen LogP contribution is 2.33. The Morgan fingerprint density at radius 3 is 1.15 bits per heavy atom. The van der Waals surface area contributed by atoms with Crippen molar-refractivity contribution in [1.82, 2.24) is 27.6 Å². The molecule has 508 valence electrons. The Morgan fingerprint density at radius 1 is 0.441 bits per heavy atom. The van der Waals surface area contributed by atoms with Crippen LogP contribution >= 0.6 is 61.7 Å². The molecular weight excluding hydrogens is 1420 g/mol. The van der Waals surface area contributed by atoms with Gasteiger partial charge in [-0.15, -0.1) is 11.3 Å². The molecule has 0 aliphatic carbocycles. The number of rotatable bonds is 16. The van der Waals surface area contributed by atoms with Crippen LogP contribution in [0.4, 0.5) is 22.7 Å². The zero-order valence-electron chi connectivity index (χ0n) is 55.9. The number of nitrogens with one attached hydrogen (secondary N) is 4. The summed E-state index contributed by atoms with van der Waals surface area (Å²) < 4.78 is 18.6. The van der Waals surface area contributed by atoms with Gasteiger partial charge in [0.25, 0.3) is 23.6 Å². The minimum absolute atomic E-state index is 0.101. The zero-order chi connectivity index (χ0) is 70.6. The molecule has 16 aromatic rings. The minimum Gasteiger partial charge on any atom is -0.438 e. The Hall–Kier alpha value is -11.2. The average Bonchev–Trinajstić information content (AvgIpc) is 1.67. The fourth-order valence-corrected chi connectivity index (χ4v) is 14.8. The van der Waals surface area contributed by atoms with Crippen molar-refractivity contribution in [1.29, 1.82) is 0 Å². The van der Waals surface area contributed by atoms with E-state index in [9.17, 15) is 19.2 Å². The number of fused-ring (bicyclic) bond motifs is 4. The smallest absolute Gasteiger partial charge is 0.293 e. The summed E-state index contributed by atoms with van der Waals surface area (Å²) in [4.78, 5) is 54.1. The number of thiophene rings is 2. The average molecular weight is 1490 g/mol. The predicted octanol–water partition coefficient (Wildman–Crippen LogP) is 21.0. The normalized spacial score (nSPS) is 11.0. The first-order valence-corrected chi connectivity index (χ1v) is 36.5. The summed E-state index contributed by atoms with van der Waals surface area (Å²) in [6.07, 6.45) is 10.6. The molecule has 0 fully saturated rings. The van der Waals surface area contributed by atoms with Crippen molar-refractivity contribution < 1.29 is 23.6 Å². The summed E-state index contributed by atoms with van der Waals surface area (Å²) in [6.45, 7) is 11.3. The molecule has 0 aliphatic rings. The molecule has 20 heteroatoms. The van der Waals surface area contributed by atoms with Crippen LogP contribution in [0.25, 0.3) is 43.6 Å². The number of hydrogen-bond donors (Lipinski definition) is 4. The van der Waals surface area contributed by atoms with Gasteiger partial charge in [0.1, 0.15) is 10.6 Å². The van der Waals surface area contributed by atoms with Gasteiger partial charge in [-0.1, -0.05) is 204 Å². The van der Waals surface area contributed by atoms with E-state index < -0.39 is 0 Å². The number of halogens is 2. The lowest BCUT2D eigenvalue weighted by Gasteiger charge is -2.06. The quantitative estimate of drug-likeness (QED) is 0.0744. The number of para-hydroxylation sites is 4. The second kappa shape index (κ2) is 32.0. The van der Waals surface area contributed by atoms with Gasteiger partial charge in [-0.3, -0.25) is 19.2 Å². The Morgan fingerprint density at radius 2 is 0.814 bits per heavy atom. The number of hydrogen-bond acceptors (Lipinski definition) is 10. The molecule has 0 bridgehead atoms. The van der Waals surface area contributed by atoms with E-state index in [0.717, 1.165) is 97.0 Å². The van der Waals surface area contributed by atoms with Gasteiger partial charge in [0.2, 0.25) is 5.76 Å². The van der Waals surface area contributed by atoms with Crippen molar-refractivity contribution in [2.75, 3.05) is 21.3 Å². The molecule has 0 unspecified atom stereocenters. The van der Waals surface area contributed by atoms with Crippen LogP contribution in [-0.2, 0) is 26.2 Å². The van der Waals surface area contributed by atoms with Crippen LogP contribution in [0.3, 0.4) is 0 Å². The first-order chi connectivity index (χ1) is 49.6. The fourth-order valence-electron chi connectivity index (χ4n) is 11.8. The van der Waals surface area contributed by atoms with Crippen LogP contribution in [0.1, 0.15) is 85.6 Å². The van der Waals surface area contributed by atoms with Crippen molar-refractivity contribution in [3.63, 3.8) is 0 Å². The van der Waals surface area contributed by atoms with E-state index in [1.807, 2.05) is 120 Å². The summed E-state index contributed by atoms with van der Waals surface area (Å²) in [5.41, 5.74) is 18.5. The van der Waals surface area contributed by atoms with Crippen molar-refractivity contribution in [3.05, 3.63) is 341 Å². The third kappa shape index (κ3) is 16.6. The Kier molecular flexibility index (Phi) is 21.7. The molecule has 0 spiro atoms. The zero-order valence-corrected chi connectivity index (χ0v) is 60.7. The number of aromatic nitrogens is 6. The monoisotopic (exact) mass is 1480 g/mol. The number of carbonyl (C=O) groups is 4. The van der Waals surface area contributed by atoms with E-state index >= 15 is 0 Å². The van der Waals surface area contributed by atoms with Crippen molar-refractivity contribution >= 4 is 152 Å². The summed E-state index contributed by atoms with van der Waals surface area (Å²) in [6, 6.07) is 69.8. The molecule has 4 amide bonds.